The fraction of sp³-hybridized carbons (Fsp3) is 0.250. The molecule has 3 heterocycles. The van der Waals surface area contributed by atoms with E-state index in [1.807, 2.05) is 48.5 Å². The van der Waals surface area contributed by atoms with Crippen molar-refractivity contribution >= 4 is 16.7 Å². The number of alkyl halides is 2. The fourth-order valence-electron chi connectivity index (χ4n) is 4.20. The summed E-state index contributed by atoms with van der Waals surface area (Å²) >= 11 is 0. The monoisotopic (exact) mass is 404 g/mol. The molecule has 4 nitrogen and oxygen atoms in total. The lowest BCUT2D eigenvalue weighted by atomic mass is 10.0. The van der Waals surface area contributed by atoms with Crippen LogP contribution in [0.4, 0.5) is 14.5 Å². The Morgan fingerprint density at radius 2 is 1.63 bits per heavy atom. The molecule has 1 aliphatic rings. The summed E-state index contributed by atoms with van der Waals surface area (Å²) in [6.07, 6.45) is 0.994. The SMILES string of the molecule is FC(F)c1cc(-c2cccc(N3CCCCC3)c2)nc2n[nH]c(-c3ccccc3)c12. The fourth-order valence-corrected chi connectivity index (χ4v) is 4.20. The molecule has 1 fully saturated rings. The van der Waals surface area contributed by atoms with Crippen molar-refractivity contribution in [2.24, 2.45) is 0 Å². The van der Waals surface area contributed by atoms with Crippen LogP contribution in [0, 0.1) is 0 Å². The summed E-state index contributed by atoms with van der Waals surface area (Å²) < 4.78 is 28.1. The van der Waals surface area contributed by atoms with Crippen molar-refractivity contribution in [2.45, 2.75) is 25.7 Å². The molecule has 4 aromatic rings. The smallest absolute Gasteiger partial charge is 0.264 e. The zero-order valence-corrected chi connectivity index (χ0v) is 16.5. The van der Waals surface area contributed by atoms with E-state index in [4.69, 9.17) is 0 Å². The number of H-pyrrole nitrogens is 1. The first-order chi connectivity index (χ1) is 14.7. The van der Waals surface area contributed by atoms with Crippen LogP contribution in [0.25, 0.3) is 33.5 Å². The second-order valence-electron chi connectivity index (χ2n) is 7.66. The molecule has 1 saturated heterocycles. The largest absolute Gasteiger partial charge is 0.372 e. The minimum Gasteiger partial charge on any atom is -0.372 e. The van der Waals surface area contributed by atoms with Gasteiger partial charge in [0.25, 0.3) is 6.43 Å². The minimum atomic E-state index is -2.63. The van der Waals surface area contributed by atoms with Gasteiger partial charge in [-0.15, -0.1) is 0 Å². The maximum Gasteiger partial charge on any atom is 0.264 e. The molecule has 0 amide bonds. The normalized spacial score (nSPS) is 14.6. The Kier molecular flexibility index (Phi) is 4.91. The number of rotatable bonds is 4. The van der Waals surface area contributed by atoms with E-state index in [0.29, 0.717) is 22.4 Å². The van der Waals surface area contributed by atoms with Crippen LogP contribution in [-0.2, 0) is 0 Å². The molecule has 0 aliphatic carbocycles. The van der Waals surface area contributed by atoms with E-state index >= 15 is 0 Å². The summed E-state index contributed by atoms with van der Waals surface area (Å²) in [4.78, 5) is 6.98. The predicted molar refractivity (Wildman–Crippen MR) is 116 cm³/mol. The van der Waals surface area contributed by atoms with Crippen LogP contribution in [0.3, 0.4) is 0 Å². The highest BCUT2D eigenvalue weighted by atomic mass is 19.3. The number of anilines is 1. The second-order valence-corrected chi connectivity index (χ2v) is 7.66. The van der Waals surface area contributed by atoms with Gasteiger partial charge in [0.1, 0.15) is 0 Å². The van der Waals surface area contributed by atoms with Gasteiger partial charge in [0, 0.05) is 35.5 Å². The zero-order valence-electron chi connectivity index (χ0n) is 16.5. The molecule has 0 atom stereocenters. The Bertz CT molecular complexity index is 1160. The summed E-state index contributed by atoms with van der Waals surface area (Å²) in [5.74, 6) is 0. The van der Waals surface area contributed by atoms with E-state index in [1.54, 1.807) is 0 Å². The van der Waals surface area contributed by atoms with Crippen LogP contribution in [0.5, 0.6) is 0 Å². The van der Waals surface area contributed by atoms with Crippen LogP contribution in [0.15, 0.2) is 60.7 Å². The van der Waals surface area contributed by atoms with Gasteiger partial charge < -0.3 is 4.90 Å². The first kappa shape index (κ1) is 18.7. The average Bonchev–Trinajstić information content (AvgIpc) is 3.24. The molecule has 1 aliphatic heterocycles. The summed E-state index contributed by atoms with van der Waals surface area (Å²) in [5, 5.41) is 7.55. The van der Waals surface area contributed by atoms with Crippen molar-refractivity contribution in [2.75, 3.05) is 18.0 Å². The Morgan fingerprint density at radius 3 is 2.40 bits per heavy atom. The molecule has 2 aromatic heterocycles. The molecular weight excluding hydrogens is 382 g/mol. The van der Waals surface area contributed by atoms with Crippen molar-refractivity contribution < 1.29 is 8.78 Å². The van der Waals surface area contributed by atoms with Gasteiger partial charge in [0.15, 0.2) is 5.65 Å². The van der Waals surface area contributed by atoms with Crippen molar-refractivity contribution in [1.82, 2.24) is 15.2 Å². The lowest BCUT2D eigenvalue weighted by molar-refractivity contribution is 0.153. The maximum absolute atomic E-state index is 14.1. The quantitative estimate of drug-likeness (QED) is 0.439. The number of hydrogen-bond acceptors (Lipinski definition) is 3. The number of halogens is 2. The maximum atomic E-state index is 14.1. The highest BCUT2D eigenvalue weighted by Crippen LogP contribution is 2.36. The summed E-state index contributed by atoms with van der Waals surface area (Å²) in [6.45, 7) is 2.05. The number of pyridine rings is 1. The van der Waals surface area contributed by atoms with Gasteiger partial charge >= 0.3 is 0 Å². The second kappa shape index (κ2) is 7.86. The first-order valence-corrected chi connectivity index (χ1v) is 10.3. The van der Waals surface area contributed by atoms with Crippen LogP contribution in [0.1, 0.15) is 31.3 Å². The van der Waals surface area contributed by atoms with Gasteiger partial charge in [0.2, 0.25) is 0 Å². The lowest BCUT2D eigenvalue weighted by Crippen LogP contribution is -2.29. The molecule has 1 N–H and O–H groups in total. The highest BCUT2D eigenvalue weighted by Gasteiger charge is 2.21. The highest BCUT2D eigenvalue weighted by molar-refractivity contribution is 5.95. The Labute approximate surface area is 173 Å². The molecular formula is C24H22F2N4. The van der Waals surface area contributed by atoms with Crippen molar-refractivity contribution in [1.29, 1.82) is 0 Å². The number of hydrogen-bond donors (Lipinski definition) is 1. The summed E-state index contributed by atoms with van der Waals surface area (Å²) in [7, 11) is 0. The number of aromatic amines is 1. The van der Waals surface area contributed by atoms with Gasteiger partial charge in [-0.3, -0.25) is 5.10 Å². The Hall–Kier alpha value is -3.28. The molecule has 30 heavy (non-hydrogen) atoms. The Balaban J connectivity index is 1.61. The first-order valence-electron chi connectivity index (χ1n) is 10.3. The van der Waals surface area contributed by atoms with Crippen molar-refractivity contribution in [3.63, 3.8) is 0 Å². The molecule has 0 spiro atoms. The van der Waals surface area contributed by atoms with Crippen molar-refractivity contribution in [3.8, 4) is 22.5 Å². The van der Waals surface area contributed by atoms with Gasteiger partial charge in [-0.05, 0) is 37.5 Å². The van der Waals surface area contributed by atoms with Crippen molar-refractivity contribution in [3.05, 3.63) is 66.2 Å². The third-order valence-electron chi connectivity index (χ3n) is 5.72. The van der Waals surface area contributed by atoms with E-state index in [0.717, 1.165) is 29.9 Å². The topological polar surface area (TPSA) is 44.8 Å². The Morgan fingerprint density at radius 1 is 0.867 bits per heavy atom. The summed E-state index contributed by atoms with van der Waals surface area (Å²) in [6, 6.07) is 18.9. The molecule has 152 valence electrons. The standard InChI is InChI=1S/C24H22F2N4/c25-23(26)19-15-20(17-10-7-11-18(14-17)30-12-5-2-6-13-30)27-24-21(19)22(28-29-24)16-8-3-1-4-9-16/h1,3-4,7-11,14-15,23H,2,5-6,12-13H2,(H,27,28,29). The van der Waals surface area contributed by atoms with E-state index in [2.05, 4.69) is 26.1 Å². The minimum absolute atomic E-state index is 0.0500. The van der Waals surface area contributed by atoms with E-state index in [9.17, 15) is 8.78 Å². The van der Waals surface area contributed by atoms with Crippen LogP contribution >= 0.6 is 0 Å². The third-order valence-corrected chi connectivity index (χ3v) is 5.72. The van der Waals surface area contributed by atoms with E-state index in [1.165, 1.54) is 25.3 Å². The molecule has 0 bridgehead atoms. The number of aromatic nitrogens is 3. The average molecular weight is 404 g/mol. The van der Waals surface area contributed by atoms with Crippen LogP contribution in [-0.4, -0.2) is 28.3 Å². The molecule has 5 rings (SSSR count). The number of nitrogens with zero attached hydrogens (tertiary/aromatic N) is 3. The number of fused-ring (bicyclic) bond motifs is 1. The van der Waals surface area contributed by atoms with Crippen LogP contribution < -0.4 is 4.90 Å². The lowest BCUT2D eigenvalue weighted by Gasteiger charge is -2.29. The zero-order chi connectivity index (χ0) is 20.5. The van der Waals surface area contributed by atoms with Gasteiger partial charge in [-0.25, -0.2) is 13.8 Å². The molecule has 0 saturated carbocycles. The van der Waals surface area contributed by atoms with Gasteiger partial charge in [0.05, 0.1) is 16.8 Å². The summed E-state index contributed by atoms with van der Waals surface area (Å²) in [5.41, 5.74) is 4.09. The number of nitrogens with one attached hydrogen (secondary N) is 1. The number of piperidine rings is 1. The predicted octanol–water partition coefficient (Wildman–Crippen LogP) is 6.22. The van der Waals surface area contributed by atoms with E-state index in [-0.39, 0.29) is 5.56 Å². The van der Waals surface area contributed by atoms with Crippen LogP contribution in [0.2, 0.25) is 0 Å². The molecule has 6 heteroatoms. The third kappa shape index (κ3) is 3.43. The molecule has 0 radical (unpaired) electrons. The van der Waals surface area contributed by atoms with Gasteiger partial charge in [-0.1, -0.05) is 42.5 Å². The van der Waals surface area contributed by atoms with Gasteiger partial charge in [-0.2, -0.15) is 5.10 Å². The number of benzene rings is 2. The van der Waals surface area contributed by atoms with E-state index < -0.39 is 6.43 Å². The molecule has 2 aromatic carbocycles. The molecule has 0 unspecified atom stereocenters.